The van der Waals surface area contributed by atoms with Gasteiger partial charge in [0.15, 0.2) is 18.9 Å². The van der Waals surface area contributed by atoms with Gasteiger partial charge in [-0.1, -0.05) is 6.08 Å². The molecule has 0 radical (unpaired) electrons. The third-order valence-electron chi connectivity index (χ3n) is 8.48. The van der Waals surface area contributed by atoms with E-state index in [0.29, 0.717) is 0 Å². The third kappa shape index (κ3) is 6.96. The molecule has 3 fully saturated rings. The zero-order valence-corrected chi connectivity index (χ0v) is 23.5. The van der Waals surface area contributed by atoms with E-state index in [4.69, 9.17) is 23.7 Å². The molecule has 19 atom stereocenters. The van der Waals surface area contributed by atoms with Gasteiger partial charge in [0.25, 0.3) is 0 Å². The normalized spacial score (nSPS) is 52.0. The number of aliphatic hydroxyl groups is 13. The fourth-order valence-electron chi connectivity index (χ4n) is 5.81. The fourth-order valence-corrected chi connectivity index (χ4v) is 5.81. The van der Waals surface area contributed by atoms with Crippen LogP contribution in [0.3, 0.4) is 0 Å². The molecule has 0 aromatic carbocycles. The van der Waals surface area contributed by atoms with Gasteiger partial charge in [0, 0.05) is 0 Å². The maximum atomic E-state index is 10.9. The lowest BCUT2D eigenvalue weighted by molar-refractivity contribution is -0.373. The number of hydrogen-bond acceptors (Lipinski definition) is 19. The number of aliphatic hydroxyl groups excluding tert-OH is 13. The molecule has 0 saturated carbocycles. The smallest absolute Gasteiger partial charge is 0.187 e. The predicted molar refractivity (Wildman–Crippen MR) is 138 cm³/mol. The van der Waals surface area contributed by atoms with Gasteiger partial charge in [-0.15, -0.1) is 0 Å². The largest absolute Gasteiger partial charge is 0.394 e. The van der Waals surface area contributed by atoms with Crippen LogP contribution in [0, 0.1) is 0 Å². The first-order valence-corrected chi connectivity index (χ1v) is 14.1. The van der Waals surface area contributed by atoms with Crippen molar-refractivity contribution in [3.05, 3.63) is 11.6 Å². The topological polar surface area (TPSA) is 321 Å². The zero-order valence-electron chi connectivity index (χ0n) is 23.5. The summed E-state index contributed by atoms with van der Waals surface area (Å²) in [6.07, 6.45) is -26.6. The second-order valence-corrected chi connectivity index (χ2v) is 11.4. The molecular formula is C25H43NO18. The minimum Gasteiger partial charge on any atom is -0.394 e. The van der Waals surface area contributed by atoms with Crippen molar-refractivity contribution in [1.29, 1.82) is 0 Å². The first-order valence-electron chi connectivity index (χ1n) is 14.1. The monoisotopic (exact) mass is 645 g/mol. The van der Waals surface area contributed by atoms with E-state index in [-0.39, 0.29) is 5.57 Å². The van der Waals surface area contributed by atoms with Crippen molar-refractivity contribution in [1.82, 2.24) is 5.32 Å². The van der Waals surface area contributed by atoms with Crippen molar-refractivity contribution in [2.45, 2.75) is 123 Å². The van der Waals surface area contributed by atoms with E-state index in [1.165, 1.54) is 13.0 Å². The Morgan fingerprint density at radius 2 is 1.16 bits per heavy atom. The Balaban J connectivity index is 1.42. The lowest BCUT2D eigenvalue weighted by Gasteiger charge is -2.48. The van der Waals surface area contributed by atoms with Gasteiger partial charge in [0.2, 0.25) is 0 Å². The molecule has 0 amide bonds. The summed E-state index contributed by atoms with van der Waals surface area (Å²) in [4.78, 5) is 0. The molecule has 0 spiro atoms. The van der Waals surface area contributed by atoms with Crippen molar-refractivity contribution in [2.75, 3.05) is 19.8 Å². The summed E-state index contributed by atoms with van der Waals surface area (Å²) in [6, 6.07) is -2.17. The van der Waals surface area contributed by atoms with Crippen molar-refractivity contribution >= 4 is 0 Å². The van der Waals surface area contributed by atoms with E-state index in [2.05, 4.69) is 5.32 Å². The molecule has 0 aromatic rings. The molecule has 4 rings (SSSR count). The highest BCUT2D eigenvalue weighted by Crippen LogP contribution is 2.32. The van der Waals surface area contributed by atoms with Crippen LogP contribution in [0.2, 0.25) is 0 Å². The predicted octanol–water partition coefficient (Wildman–Crippen LogP) is -8.56. The van der Waals surface area contributed by atoms with Crippen LogP contribution in [0.25, 0.3) is 0 Å². The molecule has 19 heteroatoms. The van der Waals surface area contributed by atoms with E-state index in [0.717, 1.165) is 0 Å². The van der Waals surface area contributed by atoms with E-state index >= 15 is 0 Å². The minimum atomic E-state index is -1.93. The van der Waals surface area contributed by atoms with Crippen molar-refractivity contribution < 1.29 is 90.1 Å². The van der Waals surface area contributed by atoms with Crippen LogP contribution in [-0.4, -0.2) is 203 Å². The van der Waals surface area contributed by atoms with Crippen LogP contribution in [0.15, 0.2) is 11.6 Å². The third-order valence-corrected chi connectivity index (χ3v) is 8.48. The fraction of sp³-hybridized carbons (Fsp3) is 0.920. The van der Waals surface area contributed by atoms with Crippen LogP contribution < -0.4 is 5.32 Å². The van der Waals surface area contributed by atoms with Gasteiger partial charge in [-0.05, 0) is 12.5 Å². The summed E-state index contributed by atoms with van der Waals surface area (Å²) in [5, 5.41) is 136. The Kier molecular flexibility index (Phi) is 12.1. The number of ether oxygens (including phenoxy) is 5. The Hall–Kier alpha value is -1.02. The van der Waals surface area contributed by atoms with Crippen molar-refractivity contribution in [3.63, 3.8) is 0 Å². The second kappa shape index (κ2) is 14.8. The molecule has 14 N–H and O–H groups in total. The molecule has 1 aliphatic carbocycles. The molecule has 8 unspecified atom stereocenters. The maximum absolute atomic E-state index is 10.9. The summed E-state index contributed by atoms with van der Waals surface area (Å²) in [5.74, 6) is 0. The lowest BCUT2D eigenvalue weighted by Crippen LogP contribution is -2.68. The van der Waals surface area contributed by atoms with Crippen molar-refractivity contribution in [2.24, 2.45) is 0 Å². The summed E-state index contributed by atoms with van der Waals surface area (Å²) >= 11 is 0. The Morgan fingerprint density at radius 3 is 1.73 bits per heavy atom. The van der Waals surface area contributed by atoms with Crippen LogP contribution in [0.5, 0.6) is 0 Å². The summed E-state index contributed by atoms with van der Waals surface area (Å²) in [7, 11) is 0. The first-order chi connectivity index (χ1) is 20.7. The second-order valence-electron chi connectivity index (χ2n) is 11.4. The molecule has 3 heterocycles. The molecule has 0 aromatic heterocycles. The number of nitrogens with one attached hydrogen (secondary N) is 1. The molecule has 3 saturated heterocycles. The Morgan fingerprint density at radius 1 is 0.636 bits per heavy atom. The van der Waals surface area contributed by atoms with Crippen molar-refractivity contribution in [3.8, 4) is 0 Å². The standard InChI is InChI=1S/C25H43NO18/c1-6-11(26-8-2-7(3-27)12(30)15(33)13(8)31)14(32)19(37)24(40-6)43-22-10(5-29)42-25(20(38)17(22)35)44-21-9(4-28)41-23(39)18(36)16(21)34/h2,6,8-39H,3-5H2,1H3/t6?,8-,9?,10?,11+,12+,13?,14?,15-,16?,17?,18+,19+,20+,21+,22+,23?,24+,25+/m1/s1. The first kappa shape index (κ1) is 35.8. The van der Waals surface area contributed by atoms with E-state index in [9.17, 15) is 66.4 Å². The van der Waals surface area contributed by atoms with Gasteiger partial charge in [-0.25, -0.2) is 0 Å². The number of rotatable bonds is 9. The maximum Gasteiger partial charge on any atom is 0.187 e. The zero-order chi connectivity index (χ0) is 32.6. The van der Waals surface area contributed by atoms with Crippen LogP contribution in [0.1, 0.15) is 6.92 Å². The van der Waals surface area contributed by atoms with Gasteiger partial charge >= 0.3 is 0 Å². The van der Waals surface area contributed by atoms with Gasteiger partial charge in [-0.3, -0.25) is 0 Å². The summed E-state index contributed by atoms with van der Waals surface area (Å²) in [5.41, 5.74) is 0.0225. The van der Waals surface area contributed by atoms with Crippen LogP contribution >= 0.6 is 0 Å². The van der Waals surface area contributed by atoms with Crippen LogP contribution in [-0.2, 0) is 23.7 Å². The number of hydrogen-bond donors (Lipinski definition) is 14. The minimum absolute atomic E-state index is 0.0225. The molecule has 0 bridgehead atoms. The summed E-state index contributed by atoms with van der Waals surface area (Å²) in [6.45, 7) is -0.753. The van der Waals surface area contributed by atoms with Crippen LogP contribution in [0.4, 0.5) is 0 Å². The van der Waals surface area contributed by atoms with E-state index in [1.807, 2.05) is 0 Å². The molecule has 44 heavy (non-hydrogen) atoms. The summed E-state index contributed by atoms with van der Waals surface area (Å²) < 4.78 is 27.4. The Bertz CT molecular complexity index is 958. The highest BCUT2D eigenvalue weighted by atomic mass is 16.7. The van der Waals surface area contributed by atoms with Gasteiger partial charge in [-0.2, -0.15) is 0 Å². The average molecular weight is 646 g/mol. The molecule has 256 valence electrons. The highest BCUT2D eigenvalue weighted by Gasteiger charge is 2.53. The average Bonchev–Trinajstić information content (AvgIpc) is 3.00. The molecule has 19 nitrogen and oxygen atoms in total. The molecular weight excluding hydrogens is 602 g/mol. The Labute approximate surface area is 250 Å². The lowest BCUT2D eigenvalue weighted by atomic mass is 9.86. The van der Waals surface area contributed by atoms with Gasteiger partial charge < -0.3 is 95.4 Å². The molecule has 4 aliphatic rings. The van der Waals surface area contributed by atoms with E-state index < -0.39 is 136 Å². The highest BCUT2D eigenvalue weighted by molar-refractivity contribution is 5.22. The molecule has 3 aliphatic heterocycles. The van der Waals surface area contributed by atoms with Gasteiger partial charge in [0.05, 0.1) is 38.0 Å². The van der Waals surface area contributed by atoms with E-state index in [1.54, 1.807) is 0 Å². The SMILES string of the molecule is CC1O[C@@H](O[C@H]2C(CO)O[C@@H](O[C@H]3C(CO)OC(O)[C@@H](O)C3O)[C@@H](O)C2O)[C@@H](O)C(O)[C@H]1N[C@@H]1C=C(CO)[C@H](O)[C@@H](O)C1O. The quantitative estimate of drug-likeness (QED) is 0.103. The van der Waals surface area contributed by atoms with Gasteiger partial charge in [0.1, 0.15) is 79.4 Å².